The van der Waals surface area contributed by atoms with Crippen molar-refractivity contribution in [2.24, 2.45) is 0 Å². The molecule has 0 bridgehead atoms. The molecule has 0 amide bonds. The lowest BCUT2D eigenvalue weighted by molar-refractivity contribution is 0.0696. The minimum atomic E-state index is -1.00. The van der Waals surface area contributed by atoms with Gasteiger partial charge in [-0.1, -0.05) is 44.2 Å². The van der Waals surface area contributed by atoms with Crippen molar-refractivity contribution in [3.63, 3.8) is 0 Å². The third-order valence-corrected chi connectivity index (χ3v) is 3.56. The van der Waals surface area contributed by atoms with Crippen LogP contribution >= 0.6 is 11.6 Å². The average molecular weight is 296 g/mol. The Balaban J connectivity index is 2.15. The molecule has 0 saturated carbocycles. The summed E-state index contributed by atoms with van der Waals surface area (Å²) in [5.74, 6) is -0.238. The molecule has 2 heterocycles. The SMILES string of the molecule is CCCCCCCc1nnc2c(Cl)cc(C(=O)O)cn12. The maximum Gasteiger partial charge on any atom is 0.337 e. The number of fused-ring (bicyclic) bond motifs is 1. The maximum absolute atomic E-state index is 11.0. The fraction of sp³-hybridized carbons (Fsp3) is 0.500. The van der Waals surface area contributed by atoms with Crippen LogP contribution in [0.25, 0.3) is 5.65 Å². The highest BCUT2D eigenvalue weighted by molar-refractivity contribution is 6.33. The number of carbonyl (C=O) groups is 1. The maximum atomic E-state index is 11.0. The molecule has 0 atom stereocenters. The Morgan fingerprint density at radius 3 is 2.75 bits per heavy atom. The lowest BCUT2D eigenvalue weighted by Crippen LogP contribution is -2.02. The molecule has 0 spiro atoms. The zero-order valence-corrected chi connectivity index (χ0v) is 12.2. The average Bonchev–Trinajstić information content (AvgIpc) is 2.82. The van der Waals surface area contributed by atoms with Gasteiger partial charge >= 0.3 is 5.97 Å². The fourth-order valence-corrected chi connectivity index (χ4v) is 2.42. The van der Waals surface area contributed by atoms with Crippen LogP contribution in [0.4, 0.5) is 0 Å². The van der Waals surface area contributed by atoms with Crippen LogP contribution in [-0.2, 0) is 6.42 Å². The summed E-state index contributed by atoms with van der Waals surface area (Å²) < 4.78 is 1.69. The van der Waals surface area contributed by atoms with Crippen LogP contribution in [0.1, 0.15) is 55.2 Å². The van der Waals surface area contributed by atoms with E-state index in [9.17, 15) is 4.79 Å². The minimum absolute atomic E-state index is 0.148. The fourth-order valence-electron chi connectivity index (χ4n) is 2.17. The first-order valence-corrected chi connectivity index (χ1v) is 7.27. The van der Waals surface area contributed by atoms with E-state index in [1.807, 2.05) is 0 Å². The number of hydrogen-bond donors (Lipinski definition) is 1. The van der Waals surface area contributed by atoms with Crippen molar-refractivity contribution in [2.45, 2.75) is 45.4 Å². The predicted molar refractivity (Wildman–Crippen MR) is 77.4 cm³/mol. The van der Waals surface area contributed by atoms with Gasteiger partial charge in [-0.2, -0.15) is 0 Å². The summed E-state index contributed by atoms with van der Waals surface area (Å²) in [4.78, 5) is 11.0. The number of carboxylic acid groups (broad SMARTS) is 1. The summed E-state index contributed by atoms with van der Waals surface area (Å²) in [5, 5.41) is 17.5. The van der Waals surface area contributed by atoms with E-state index < -0.39 is 5.97 Å². The van der Waals surface area contributed by atoms with Crippen molar-refractivity contribution in [3.8, 4) is 0 Å². The van der Waals surface area contributed by atoms with Gasteiger partial charge in [0.05, 0.1) is 10.6 Å². The Kier molecular flexibility index (Phi) is 4.95. The Labute approximate surface area is 122 Å². The molecule has 0 unspecified atom stereocenters. The highest BCUT2D eigenvalue weighted by Gasteiger charge is 2.13. The van der Waals surface area contributed by atoms with Crippen LogP contribution < -0.4 is 0 Å². The molecule has 0 aliphatic rings. The van der Waals surface area contributed by atoms with E-state index >= 15 is 0 Å². The van der Waals surface area contributed by atoms with Crippen molar-refractivity contribution in [1.29, 1.82) is 0 Å². The van der Waals surface area contributed by atoms with E-state index in [1.54, 1.807) is 4.40 Å². The van der Waals surface area contributed by atoms with Crippen LogP contribution in [0.2, 0.25) is 5.02 Å². The van der Waals surface area contributed by atoms with E-state index in [1.165, 1.54) is 31.5 Å². The Morgan fingerprint density at radius 2 is 2.05 bits per heavy atom. The number of nitrogens with zero attached hydrogens (tertiary/aromatic N) is 3. The number of pyridine rings is 1. The number of hydrogen-bond acceptors (Lipinski definition) is 3. The number of halogens is 1. The van der Waals surface area contributed by atoms with Crippen LogP contribution in [0.15, 0.2) is 12.3 Å². The third kappa shape index (κ3) is 3.28. The van der Waals surface area contributed by atoms with E-state index in [0.717, 1.165) is 25.1 Å². The normalized spacial score (nSPS) is 11.1. The highest BCUT2D eigenvalue weighted by Crippen LogP contribution is 2.19. The van der Waals surface area contributed by atoms with Gasteiger partial charge < -0.3 is 5.11 Å². The molecule has 6 heteroatoms. The Hall–Kier alpha value is -1.62. The standard InChI is InChI=1S/C14H18ClN3O2/c1-2-3-4-5-6-7-12-16-17-13-11(15)8-10(14(19)20)9-18(12)13/h8-9H,2-7H2,1H3,(H,19,20). The molecule has 0 aliphatic carbocycles. The van der Waals surface area contributed by atoms with Gasteiger partial charge in [0.2, 0.25) is 0 Å². The molecule has 1 N–H and O–H groups in total. The number of rotatable bonds is 7. The monoisotopic (exact) mass is 295 g/mol. The molecule has 0 aliphatic heterocycles. The zero-order chi connectivity index (χ0) is 14.5. The first-order chi connectivity index (χ1) is 9.63. The summed E-state index contributed by atoms with van der Waals surface area (Å²) in [6.07, 6.45) is 8.16. The van der Waals surface area contributed by atoms with Gasteiger partial charge in [-0.3, -0.25) is 4.40 Å². The zero-order valence-electron chi connectivity index (χ0n) is 11.5. The summed E-state index contributed by atoms with van der Waals surface area (Å²) in [6.45, 7) is 2.18. The Bertz CT molecular complexity index is 610. The van der Waals surface area contributed by atoms with Gasteiger partial charge in [-0.15, -0.1) is 10.2 Å². The van der Waals surface area contributed by atoms with Crippen molar-refractivity contribution in [3.05, 3.63) is 28.7 Å². The number of aromatic nitrogens is 3. The lowest BCUT2D eigenvalue weighted by Gasteiger charge is -2.03. The molecule has 0 aromatic carbocycles. The van der Waals surface area contributed by atoms with E-state index in [-0.39, 0.29) is 5.56 Å². The van der Waals surface area contributed by atoms with Crippen molar-refractivity contribution >= 4 is 23.2 Å². The third-order valence-electron chi connectivity index (χ3n) is 3.28. The van der Waals surface area contributed by atoms with Crippen LogP contribution in [0.3, 0.4) is 0 Å². The van der Waals surface area contributed by atoms with Crippen LogP contribution in [0, 0.1) is 0 Å². The van der Waals surface area contributed by atoms with Crippen molar-refractivity contribution in [2.75, 3.05) is 0 Å². The largest absolute Gasteiger partial charge is 0.478 e. The molecule has 0 saturated heterocycles. The second kappa shape index (κ2) is 6.70. The molecule has 2 rings (SSSR count). The molecule has 2 aromatic rings. The Morgan fingerprint density at radius 1 is 1.30 bits per heavy atom. The molecule has 0 radical (unpaired) electrons. The topological polar surface area (TPSA) is 67.5 Å². The molecule has 20 heavy (non-hydrogen) atoms. The van der Waals surface area contributed by atoms with E-state index in [0.29, 0.717) is 10.7 Å². The second-order valence-electron chi connectivity index (χ2n) is 4.86. The summed E-state index contributed by atoms with van der Waals surface area (Å²) in [7, 11) is 0. The van der Waals surface area contributed by atoms with Crippen LogP contribution in [0.5, 0.6) is 0 Å². The molecular formula is C14H18ClN3O2. The van der Waals surface area contributed by atoms with E-state index in [4.69, 9.17) is 16.7 Å². The number of carboxylic acids is 1. The van der Waals surface area contributed by atoms with Gasteiger partial charge in [0.15, 0.2) is 5.65 Å². The lowest BCUT2D eigenvalue weighted by atomic mass is 10.1. The van der Waals surface area contributed by atoms with Crippen LogP contribution in [-0.4, -0.2) is 25.7 Å². The molecule has 5 nitrogen and oxygen atoms in total. The summed E-state index contributed by atoms with van der Waals surface area (Å²) >= 11 is 6.04. The molecule has 108 valence electrons. The smallest absolute Gasteiger partial charge is 0.337 e. The number of unbranched alkanes of at least 4 members (excludes halogenated alkanes) is 4. The quantitative estimate of drug-likeness (QED) is 0.793. The van der Waals surface area contributed by atoms with Gasteiger partial charge in [0.1, 0.15) is 5.82 Å². The van der Waals surface area contributed by atoms with Crippen molar-refractivity contribution < 1.29 is 9.90 Å². The molecule has 0 fully saturated rings. The summed E-state index contributed by atoms with van der Waals surface area (Å²) in [6, 6.07) is 1.40. The highest BCUT2D eigenvalue weighted by atomic mass is 35.5. The van der Waals surface area contributed by atoms with Gasteiger partial charge in [0.25, 0.3) is 0 Å². The van der Waals surface area contributed by atoms with Gasteiger partial charge in [0, 0.05) is 12.6 Å². The predicted octanol–water partition coefficient (Wildman–Crippen LogP) is 3.59. The first kappa shape index (κ1) is 14.8. The van der Waals surface area contributed by atoms with Gasteiger partial charge in [-0.05, 0) is 12.5 Å². The minimum Gasteiger partial charge on any atom is -0.478 e. The number of aromatic carboxylic acids is 1. The summed E-state index contributed by atoms with van der Waals surface area (Å²) in [5.41, 5.74) is 0.662. The van der Waals surface area contributed by atoms with Crippen molar-refractivity contribution in [1.82, 2.24) is 14.6 Å². The first-order valence-electron chi connectivity index (χ1n) is 6.90. The molecular weight excluding hydrogens is 278 g/mol. The van der Waals surface area contributed by atoms with Gasteiger partial charge in [-0.25, -0.2) is 4.79 Å². The number of aryl methyl sites for hydroxylation is 1. The second-order valence-corrected chi connectivity index (χ2v) is 5.26. The molecule has 2 aromatic heterocycles. The van der Waals surface area contributed by atoms with E-state index in [2.05, 4.69) is 17.1 Å².